The van der Waals surface area contributed by atoms with E-state index in [0.717, 1.165) is 29.8 Å². The second-order valence-corrected chi connectivity index (χ2v) is 7.98. The molecule has 1 unspecified atom stereocenters. The molecule has 0 amide bonds. The molecule has 0 spiro atoms. The minimum absolute atomic E-state index is 0.148. The van der Waals surface area contributed by atoms with Crippen molar-refractivity contribution >= 4 is 15.6 Å². The lowest BCUT2D eigenvalue weighted by Crippen LogP contribution is -2.46. The van der Waals surface area contributed by atoms with Gasteiger partial charge in [-0.25, -0.2) is 17.2 Å². The maximum Gasteiger partial charge on any atom is 0.243 e. The number of sulfonamides is 1. The molecule has 0 saturated carbocycles. The fourth-order valence-corrected chi connectivity index (χ4v) is 4.21. The van der Waals surface area contributed by atoms with Crippen molar-refractivity contribution in [2.45, 2.75) is 17.1 Å². The molecule has 7 heteroatoms. The van der Waals surface area contributed by atoms with Gasteiger partial charge in [0.1, 0.15) is 5.82 Å². The van der Waals surface area contributed by atoms with Gasteiger partial charge >= 0.3 is 0 Å². The maximum atomic E-state index is 15.9. The van der Waals surface area contributed by atoms with Crippen LogP contribution < -0.4 is 10.0 Å². The molecule has 4 nitrogen and oxygen atoms in total. The molecule has 27 heavy (non-hydrogen) atoms. The number of hydrogen-bond donors (Lipinski definition) is 2. The Morgan fingerprint density at radius 3 is 2.37 bits per heavy atom. The first-order chi connectivity index (χ1) is 12.8. The molecule has 142 valence electrons. The molecule has 0 heterocycles. The number of halogens is 2. The standard InChI is InChI=1S/C20H20F2N2O2S/c1-23-14-15-11-12-20(22,19(13-15)16-5-3-2-4-6-16)24-27(25,26)18-9-7-17(21)8-10-18/h2-11,13,23-24H,12,14H2,1H3. The first-order valence-electron chi connectivity index (χ1n) is 8.44. The molecule has 2 N–H and O–H groups in total. The van der Waals surface area contributed by atoms with Gasteiger partial charge in [0.2, 0.25) is 15.8 Å². The van der Waals surface area contributed by atoms with E-state index in [9.17, 15) is 12.8 Å². The lowest BCUT2D eigenvalue weighted by molar-refractivity contribution is 0.226. The fourth-order valence-electron chi connectivity index (χ4n) is 2.98. The minimum atomic E-state index is -4.18. The molecule has 0 saturated heterocycles. The van der Waals surface area contributed by atoms with Crippen LogP contribution in [0, 0.1) is 5.82 Å². The van der Waals surface area contributed by atoms with Crippen molar-refractivity contribution < 1.29 is 17.2 Å². The number of benzene rings is 2. The molecule has 2 aromatic carbocycles. The summed E-state index contributed by atoms with van der Waals surface area (Å²) in [4.78, 5) is -0.196. The van der Waals surface area contributed by atoms with Gasteiger partial charge in [0.15, 0.2) is 0 Å². The average molecular weight is 390 g/mol. The van der Waals surface area contributed by atoms with E-state index >= 15 is 4.39 Å². The van der Waals surface area contributed by atoms with Crippen LogP contribution in [0.25, 0.3) is 5.57 Å². The van der Waals surface area contributed by atoms with Crippen LogP contribution in [0.2, 0.25) is 0 Å². The Hall–Kier alpha value is -2.35. The first kappa shape index (κ1) is 19.4. The number of nitrogens with one attached hydrogen (secondary N) is 2. The van der Waals surface area contributed by atoms with Crippen LogP contribution in [0.4, 0.5) is 8.78 Å². The molecule has 1 aliphatic rings. The number of rotatable bonds is 6. The molecule has 3 rings (SSSR count). The quantitative estimate of drug-likeness (QED) is 0.744. The van der Waals surface area contributed by atoms with Crippen molar-refractivity contribution in [3.8, 4) is 0 Å². The van der Waals surface area contributed by atoms with Crippen LogP contribution in [0.5, 0.6) is 0 Å². The Morgan fingerprint density at radius 2 is 1.74 bits per heavy atom. The number of alkyl halides is 1. The van der Waals surface area contributed by atoms with E-state index in [0.29, 0.717) is 12.1 Å². The summed E-state index contributed by atoms with van der Waals surface area (Å²) in [6.45, 7) is 0.539. The Balaban J connectivity index is 1.99. The molecule has 0 aromatic heterocycles. The molecule has 1 aliphatic carbocycles. The van der Waals surface area contributed by atoms with E-state index in [1.54, 1.807) is 49.5 Å². The highest BCUT2D eigenvalue weighted by Crippen LogP contribution is 2.38. The Morgan fingerprint density at radius 1 is 1.07 bits per heavy atom. The predicted octanol–water partition coefficient (Wildman–Crippen LogP) is 3.40. The zero-order valence-corrected chi connectivity index (χ0v) is 15.6. The van der Waals surface area contributed by atoms with Gasteiger partial charge in [-0.3, -0.25) is 0 Å². The molecular formula is C20H20F2N2O2S. The summed E-state index contributed by atoms with van der Waals surface area (Å²) in [5.41, 5.74) is 1.69. The fraction of sp³-hybridized carbons (Fsp3) is 0.200. The SMILES string of the molecule is CNCC1=CCC(F)(NS(=O)(=O)c2ccc(F)cc2)C(c2ccccc2)=C1. The van der Waals surface area contributed by atoms with Crippen molar-refractivity contribution in [1.82, 2.24) is 10.0 Å². The number of likely N-dealkylation sites (N-methyl/N-ethyl adjacent to an activating group) is 1. The van der Waals surface area contributed by atoms with Gasteiger partial charge in [-0.05, 0) is 48.5 Å². The van der Waals surface area contributed by atoms with Crippen molar-refractivity contribution in [1.29, 1.82) is 0 Å². The molecule has 1 atom stereocenters. The van der Waals surface area contributed by atoms with Gasteiger partial charge in [0, 0.05) is 18.5 Å². The summed E-state index contributed by atoms with van der Waals surface area (Å²) in [6, 6.07) is 13.1. The maximum absolute atomic E-state index is 15.9. The third-order valence-corrected chi connectivity index (χ3v) is 5.77. The van der Waals surface area contributed by atoms with Gasteiger partial charge < -0.3 is 5.32 Å². The van der Waals surface area contributed by atoms with E-state index in [1.165, 1.54) is 0 Å². The number of hydrogen-bond acceptors (Lipinski definition) is 3. The van der Waals surface area contributed by atoms with Crippen molar-refractivity contribution in [3.63, 3.8) is 0 Å². The van der Waals surface area contributed by atoms with Crippen LogP contribution >= 0.6 is 0 Å². The van der Waals surface area contributed by atoms with Crippen LogP contribution in [0.1, 0.15) is 12.0 Å². The third kappa shape index (κ3) is 4.32. The summed E-state index contributed by atoms with van der Waals surface area (Å²) in [6.07, 6.45) is 3.17. The van der Waals surface area contributed by atoms with Crippen molar-refractivity contribution in [2.75, 3.05) is 13.6 Å². The Kier molecular flexibility index (Phi) is 5.55. The highest BCUT2D eigenvalue weighted by molar-refractivity contribution is 7.89. The van der Waals surface area contributed by atoms with Crippen LogP contribution in [0.15, 0.2) is 77.2 Å². The molecule has 0 fully saturated rings. The van der Waals surface area contributed by atoms with Crippen molar-refractivity contribution in [3.05, 3.63) is 83.7 Å². The van der Waals surface area contributed by atoms with E-state index in [4.69, 9.17) is 0 Å². The molecule has 0 aliphatic heterocycles. The van der Waals surface area contributed by atoms with Gasteiger partial charge in [-0.15, -0.1) is 0 Å². The first-order valence-corrected chi connectivity index (χ1v) is 9.92. The normalized spacial score (nSPS) is 20.1. The second kappa shape index (κ2) is 7.72. The van der Waals surface area contributed by atoms with Gasteiger partial charge in [-0.2, -0.15) is 4.72 Å². The largest absolute Gasteiger partial charge is 0.316 e. The van der Waals surface area contributed by atoms with E-state index in [2.05, 4.69) is 10.0 Å². The Bertz CT molecular complexity index is 971. The van der Waals surface area contributed by atoms with Gasteiger partial charge in [-0.1, -0.05) is 36.4 Å². The summed E-state index contributed by atoms with van der Waals surface area (Å²) in [7, 11) is -2.40. The molecule has 0 radical (unpaired) electrons. The summed E-state index contributed by atoms with van der Waals surface area (Å²) >= 11 is 0. The monoisotopic (exact) mass is 390 g/mol. The summed E-state index contributed by atoms with van der Waals surface area (Å²) in [5, 5.41) is 3.01. The van der Waals surface area contributed by atoms with E-state index in [1.807, 2.05) is 0 Å². The molecule has 2 aromatic rings. The summed E-state index contributed by atoms with van der Waals surface area (Å²) < 4.78 is 56.5. The topological polar surface area (TPSA) is 58.2 Å². The lowest BCUT2D eigenvalue weighted by Gasteiger charge is -2.31. The van der Waals surface area contributed by atoms with Crippen LogP contribution in [0.3, 0.4) is 0 Å². The van der Waals surface area contributed by atoms with E-state index in [-0.39, 0.29) is 16.9 Å². The molecular weight excluding hydrogens is 370 g/mol. The Labute approximate surface area is 157 Å². The highest BCUT2D eigenvalue weighted by Gasteiger charge is 2.40. The third-order valence-electron chi connectivity index (χ3n) is 4.29. The lowest BCUT2D eigenvalue weighted by atomic mass is 9.88. The van der Waals surface area contributed by atoms with Crippen LogP contribution in [-0.4, -0.2) is 27.8 Å². The zero-order valence-electron chi connectivity index (χ0n) is 14.7. The minimum Gasteiger partial charge on any atom is -0.316 e. The second-order valence-electron chi connectivity index (χ2n) is 6.30. The predicted molar refractivity (Wildman–Crippen MR) is 102 cm³/mol. The summed E-state index contributed by atoms with van der Waals surface area (Å²) in [5.74, 6) is -2.88. The highest BCUT2D eigenvalue weighted by atomic mass is 32.2. The smallest absolute Gasteiger partial charge is 0.243 e. The van der Waals surface area contributed by atoms with E-state index < -0.39 is 21.6 Å². The van der Waals surface area contributed by atoms with Crippen LogP contribution in [-0.2, 0) is 10.0 Å². The van der Waals surface area contributed by atoms with Gasteiger partial charge in [0.25, 0.3) is 0 Å². The zero-order chi connectivity index (χ0) is 19.5. The van der Waals surface area contributed by atoms with Gasteiger partial charge in [0.05, 0.1) is 4.90 Å². The van der Waals surface area contributed by atoms with Crippen molar-refractivity contribution in [2.24, 2.45) is 0 Å². The molecule has 0 bridgehead atoms. The average Bonchev–Trinajstić information content (AvgIpc) is 2.64.